The van der Waals surface area contributed by atoms with E-state index in [-0.39, 0.29) is 0 Å². The summed E-state index contributed by atoms with van der Waals surface area (Å²) in [5.74, 6) is 3.26. The molecule has 136 valence electrons. The van der Waals surface area contributed by atoms with Crippen LogP contribution in [0.25, 0.3) is 0 Å². The molecule has 0 spiro atoms. The average molecular weight is 345 g/mol. The number of benzene rings is 2. The van der Waals surface area contributed by atoms with Gasteiger partial charge in [-0.3, -0.25) is 0 Å². The maximum Gasteiger partial charge on any atom is 0.172 e. The fraction of sp³-hybridized carbons (Fsp3) is 0.400. The Morgan fingerprint density at radius 1 is 0.840 bits per heavy atom. The fourth-order valence-corrected chi connectivity index (χ4v) is 2.61. The first-order chi connectivity index (χ1) is 12.1. The number of aryl methyl sites for hydroxylation is 1. The molecule has 0 saturated carbocycles. The molecule has 5 nitrogen and oxygen atoms in total. The van der Waals surface area contributed by atoms with Crippen LogP contribution in [0.2, 0.25) is 0 Å². The summed E-state index contributed by atoms with van der Waals surface area (Å²) in [6, 6.07) is 9.14. The second-order valence-electron chi connectivity index (χ2n) is 5.78. The number of methoxy groups -OCH3 is 3. The maximum absolute atomic E-state index is 6.15. The lowest BCUT2D eigenvalue weighted by Gasteiger charge is -2.18. The molecule has 0 saturated heterocycles. The van der Waals surface area contributed by atoms with Crippen molar-refractivity contribution in [3.8, 4) is 28.7 Å². The number of hydrogen-bond acceptors (Lipinski definition) is 5. The van der Waals surface area contributed by atoms with Crippen molar-refractivity contribution in [1.82, 2.24) is 0 Å². The molecule has 0 unspecified atom stereocenters. The number of rotatable bonds is 9. The van der Waals surface area contributed by atoms with Crippen molar-refractivity contribution in [2.24, 2.45) is 0 Å². The first-order valence-corrected chi connectivity index (χ1v) is 8.49. The minimum atomic E-state index is 0.540. The largest absolute Gasteiger partial charge is 0.497 e. The van der Waals surface area contributed by atoms with Gasteiger partial charge >= 0.3 is 0 Å². The average Bonchev–Trinajstić information content (AvgIpc) is 2.64. The Hall–Kier alpha value is -2.56. The van der Waals surface area contributed by atoms with Gasteiger partial charge < -0.3 is 24.7 Å². The summed E-state index contributed by atoms with van der Waals surface area (Å²) in [6.07, 6.45) is 4.25. The van der Waals surface area contributed by atoms with E-state index in [4.69, 9.17) is 24.7 Å². The van der Waals surface area contributed by atoms with Crippen LogP contribution in [0.15, 0.2) is 30.3 Å². The van der Waals surface area contributed by atoms with Crippen LogP contribution in [0, 0.1) is 0 Å². The van der Waals surface area contributed by atoms with Crippen molar-refractivity contribution in [2.45, 2.75) is 32.6 Å². The van der Waals surface area contributed by atoms with Gasteiger partial charge in [-0.2, -0.15) is 0 Å². The van der Waals surface area contributed by atoms with Crippen molar-refractivity contribution >= 4 is 5.69 Å². The molecule has 0 heterocycles. The smallest absolute Gasteiger partial charge is 0.172 e. The van der Waals surface area contributed by atoms with Gasteiger partial charge in [-0.15, -0.1) is 0 Å². The highest BCUT2D eigenvalue weighted by atomic mass is 16.5. The highest BCUT2D eigenvalue weighted by Gasteiger charge is 2.16. The first-order valence-electron chi connectivity index (χ1n) is 8.49. The molecule has 0 aliphatic rings. The Labute approximate surface area is 149 Å². The Balaban J connectivity index is 2.43. The van der Waals surface area contributed by atoms with Gasteiger partial charge in [-0.05, 0) is 31.0 Å². The SMILES string of the molecule is CCCCCc1cc(OC)cc(OC)c1Oc1cc(OC)ccc1N. The fourth-order valence-electron chi connectivity index (χ4n) is 2.61. The molecule has 0 atom stereocenters. The third kappa shape index (κ3) is 4.72. The zero-order chi connectivity index (χ0) is 18.2. The van der Waals surface area contributed by atoms with Crippen LogP contribution in [-0.2, 0) is 6.42 Å². The van der Waals surface area contributed by atoms with Gasteiger partial charge in [0, 0.05) is 17.7 Å². The molecular formula is C20H27NO4. The third-order valence-corrected chi connectivity index (χ3v) is 4.04. The Morgan fingerprint density at radius 2 is 1.56 bits per heavy atom. The lowest BCUT2D eigenvalue weighted by Crippen LogP contribution is -2.00. The van der Waals surface area contributed by atoms with Gasteiger partial charge in [0.05, 0.1) is 27.0 Å². The summed E-state index contributed by atoms with van der Waals surface area (Å²) in [5.41, 5.74) is 7.64. The summed E-state index contributed by atoms with van der Waals surface area (Å²) in [6.45, 7) is 2.18. The second kappa shape index (κ2) is 9.06. The van der Waals surface area contributed by atoms with Crippen molar-refractivity contribution in [2.75, 3.05) is 27.1 Å². The number of nitrogens with two attached hydrogens (primary N) is 1. The summed E-state index contributed by atoms with van der Waals surface area (Å²) in [4.78, 5) is 0. The van der Waals surface area contributed by atoms with Crippen molar-refractivity contribution in [1.29, 1.82) is 0 Å². The molecular weight excluding hydrogens is 318 g/mol. The minimum Gasteiger partial charge on any atom is -0.497 e. The first kappa shape index (κ1) is 18.8. The van der Waals surface area contributed by atoms with Crippen molar-refractivity contribution < 1.29 is 18.9 Å². The summed E-state index contributed by atoms with van der Waals surface area (Å²) in [7, 11) is 4.87. The van der Waals surface area contributed by atoms with E-state index in [0.29, 0.717) is 28.7 Å². The van der Waals surface area contributed by atoms with E-state index in [2.05, 4.69) is 6.92 Å². The zero-order valence-electron chi connectivity index (χ0n) is 15.4. The van der Waals surface area contributed by atoms with E-state index < -0.39 is 0 Å². The molecule has 2 N–H and O–H groups in total. The minimum absolute atomic E-state index is 0.540. The number of nitrogen functional groups attached to an aromatic ring is 1. The molecule has 0 amide bonds. The summed E-state index contributed by atoms with van der Waals surface area (Å²) < 4.78 is 22.3. The Bertz CT molecular complexity index is 700. The quantitative estimate of drug-likeness (QED) is 0.521. The molecule has 2 aromatic carbocycles. The van der Waals surface area contributed by atoms with Crippen LogP contribution < -0.4 is 24.7 Å². The molecule has 0 aliphatic heterocycles. The molecule has 0 aliphatic carbocycles. The lowest BCUT2D eigenvalue weighted by molar-refractivity contribution is 0.364. The van der Waals surface area contributed by atoms with Crippen LogP contribution in [0.4, 0.5) is 5.69 Å². The third-order valence-electron chi connectivity index (χ3n) is 4.04. The summed E-state index contributed by atoms with van der Waals surface area (Å²) in [5, 5.41) is 0. The topological polar surface area (TPSA) is 62.9 Å². The Morgan fingerprint density at radius 3 is 2.20 bits per heavy atom. The Kier molecular flexibility index (Phi) is 6.81. The molecule has 2 aromatic rings. The molecule has 5 heteroatoms. The van der Waals surface area contributed by atoms with E-state index >= 15 is 0 Å². The van der Waals surface area contributed by atoms with Gasteiger partial charge in [-0.1, -0.05) is 19.8 Å². The van der Waals surface area contributed by atoms with Crippen LogP contribution in [0.5, 0.6) is 28.7 Å². The van der Waals surface area contributed by atoms with E-state index in [0.717, 1.165) is 37.0 Å². The predicted octanol–water partition coefficient (Wildman–Crippen LogP) is 4.82. The predicted molar refractivity (Wildman–Crippen MR) is 100 cm³/mol. The molecule has 25 heavy (non-hydrogen) atoms. The van der Waals surface area contributed by atoms with Crippen LogP contribution in [-0.4, -0.2) is 21.3 Å². The van der Waals surface area contributed by atoms with E-state index in [1.54, 1.807) is 39.5 Å². The molecule has 0 radical (unpaired) electrons. The molecule has 2 rings (SSSR count). The van der Waals surface area contributed by atoms with Gasteiger partial charge in [0.15, 0.2) is 17.2 Å². The van der Waals surface area contributed by atoms with Gasteiger partial charge in [0.2, 0.25) is 0 Å². The summed E-state index contributed by atoms with van der Waals surface area (Å²) >= 11 is 0. The van der Waals surface area contributed by atoms with E-state index in [1.165, 1.54) is 0 Å². The van der Waals surface area contributed by atoms with Gasteiger partial charge in [-0.25, -0.2) is 0 Å². The normalized spacial score (nSPS) is 10.4. The zero-order valence-corrected chi connectivity index (χ0v) is 15.4. The maximum atomic E-state index is 6.15. The van der Waals surface area contributed by atoms with Crippen LogP contribution in [0.3, 0.4) is 0 Å². The molecule has 0 fully saturated rings. The highest BCUT2D eigenvalue weighted by molar-refractivity contribution is 5.60. The van der Waals surface area contributed by atoms with Crippen LogP contribution >= 0.6 is 0 Å². The lowest BCUT2D eigenvalue weighted by atomic mass is 10.0. The number of unbranched alkanes of at least 4 members (excludes halogenated alkanes) is 2. The highest BCUT2D eigenvalue weighted by Crippen LogP contribution is 2.41. The van der Waals surface area contributed by atoms with E-state index in [9.17, 15) is 0 Å². The van der Waals surface area contributed by atoms with E-state index in [1.807, 2.05) is 12.1 Å². The monoisotopic (exact) mass is 345 g/mol. The number of ether oxygens (including phenoxy) is 4. The van der Waals surface area contributed by atoms with Crippen LogP contribution in [0.1, 0.15) is 31.7 Å². The standard InChI is InChI=1S/C20H27NO4/c1-5-6-7-8-14-11-16(23-3)13-19(24-4)20(14)25-18-12-15(22-2)9-10-17(18)21/h9-13H,5-8,21H2,1-4H3. The van der Waals surface area contributed by atoms with Gasteiger partial charge in [0.1, 0.15) is 11.5 Å². The van der Waals surface area contributed by atoms with Crippen molar-refractivity contribution in [3.63, 3.8) is 0 Å². The molecule has 0 bridgehead atoms. The van der Waals surface area contributed by atoms with Gasteiger partial charge in [0.25, 0.3) is 0 Å². The molecule has 0 aromatic heterocycles. The number of anilines is 1. The van der Waals surface area contributed by atoms with Crippen molar-refractivity contribution in [3.05, 3.63) is 35.9 Å². The number of hydrogen-bond donors (Lipinski definition) is 1. The second-order valence-corrected chi connectivity index (χ2v) is 5.78.